The van der Waals surface area contributed by atoms with Crippen LogP contribution in [-0.2, 0) is 9.53 Å². The predicted molar refractivity (Wildman–Crippen MR) is 58.3 cm³/mol. The zero-order valence-electron chi connectivity index (χ0n) is 8.69. The number of carbonyl (C=O) groups is 2. The molecule has 0 spiro atoms. The number of benzene rings is 1. The number of anilines is 2. The van der Waals surface area contributed by atoms with Gasteiger partial charge in [0.05, 0.1) is 11.3 Å². The molecule has 86 valence electrons. The summed E-state index contributed by atoms with van der Waals surface area (Å²) >= 11 is 0. The molecule has 0 saturated heterocycles. The van der Waals surface area contributed by atoms with Crippen LogP contribution >= 0.6 is 0 Å². The van der Waals surface area contributed by atoms with Crippen molar-refractivity contribution in [1.29, 1.82) is 0 Å². The highest BCUT2D eigenvalue weighted by Gasteiger charge is 2.12. The standard InChI is InChI=1S/C10H12N2O4/c1-16-5-9(13)12-8-3-2-6(11)4-7(8)10(14)15/h2-4H,5,11H2,1H3,(H,12,13)(H,14,15). The van der Waals surface area contributed by atoms with Gasteiger partial charge in [-0.05, 0) is 18.2 Å². The molecule has 4 N–H and O–H groups in total. The molecule has 1 aromatic carbocycles. The molecule has 1 rings (SSSR count). The zero-order chi connectivity index (χ0) is 12.1. The summed E-state index contributed by atoms with van der Waals surface area (Å²) < 4.78 is 4.62. The fraction of sp³-hybridized carbons (Fsp3) is 0.200. The second-order valence-corrected chi connectivity index (χ2v) is 3.09. The summed E-state index contributed by atoms with van der Waals surface area (Å²) in [4.78, 5) is 22.1. The van der Waals surface area contributed by atoms with Gasteiger partial charge in [-0.15, -0.1) is 0 Å². The van der Waals surface area contributed by atoms with Gasteiger partial charge >= 0.3 is 5.97 Å². The van der Waals surface area contributed by atoms with Gasteiger partial charge in [0.25, 0.3) is 0 Å². The molecular formula is C10H12N2O4. The van der Waals surface area contributed by atoms with Crippen molar-refractivity contribution in [2.45, 2.75) is 0 Å². The van der Waals surface area contributed by atoms with Crippen molar-refractivity contribution < 1.29 is 19.4 Å². The third kappa shape index (κ3) is 2.96. The SMILES string of the molecule is COCC(=O)Nc1ccc(N)cc1C(=O)O. The number of hydrogen-bond acceptors (Lipinski definition) is 4. The van der Waals surface area contributed by atoms with Crippen molar-refractivity contribution in [3.63, 3.8) is 0 Å². The van der Waals surface area contributed by atoms with E-state index in [1.54, 1.807) is 0 Å². The van der Waals surface area contributed by atoms with E-state index in [9.17, 15) is 9.59 Å². The molecule has 0 aromatic heterocycles. The van der Waals surface area contributed by atoms with E-state index in [1.165, 1.54) is 25.3 Å². The van der Waals surface area contributed by atoms with Crippen molar-refractivity contribution in [2.75, 3.05) is 24.8 Å². The maximum absolute atomic E-state index is 11.2. The Morgan fingerprint density at radius 1 is 1.50 bits per heavy atom. The first kappa shape index (κ1) is 12.0. The van der Waals surface area contributed by atoms with Gasteiger partial charge in [-0.3, -0.25) is 4.79 Å². The van der Waals surface area contributed by atoms with E-state index in [1.807, 2.05) is 0 Å². The van der Waals surface area contributed by atoms with E-state index in [4.69, 9.17) is 10.8 Å². The molecule has 0 aliphatic heterocycles. The number of rotatable bonds is 4. The van der Waals surface area contributed by atoms with Crippen molar-refractivity contribution in [2.24, 2.45) is 0 Å². The topological polar surface area (TPSA) is 102 Å². The molecular weight excluding hydrogens is 212 g/mol. The number of nitrogen functional groups attached to an aromatic ring is 1. The van der Waals surface area contributed by atoms with Crippen LogP contribution in [0, 0.1) is 0 Å². The summed E-state index contributed by atoms with van der Waals surface area (Å²) in [7, 11) is 1.38. The zero-order valence-corrected chi connectivity index (χ0v) is 8.69. The second kappa shape index (κ2) is 5.13. The van der Waals surface area contributed by atoms with Gasteiger partial charge in [-0.2, -0.15) is 0 Å². The minimum absolute atomic E-state index is 0.0514. The number of amides is 1. The summed E-state index contributed by atoms with van der Waals surface area (Å²) in [6.45, 7) is -0.135. The van der Waals surface area contributed by atoms with Crippen LogP contribution in [0.15, 0.2) is 18.2 Å². The van der Waals surface area contributed by atoms with Crippen molar-refractivity contribution in [3.05, 3.63) is 23.8 Å². The Kier molecular flexibility index (Phi) is 3.84. The molecule has 0 unspecified atom stereocenters. The highest BCUT2D eigenvalue weighted by Crippen LogP contribution is 2.18. The van der Waals surface area contributed by atoms with Crippen LogP contribution in [0.1, 0.15) is 10.4 Å². The summed E-state index contributed by atoms with van der Waals surface area (Å²) in [6.07, 6.45) is 0. The quantitative estimate of drug-likeness (QED) is 0.648. The van der Waals surface area contributed by atoms with Crippen LogP contribution in [0.3, 0.4) is 0 Å². The average molecular weight is 224 g/mol. The van der Waals surface area contributed by atoms with E-state index < -0.39 is 11.9 Å². The van der Waals surface area contributed by atoms with Gasteiger partial charge in [0, 0.05) is 12.8 Å². The highest BCUT2D eigenvalue weighted by molar-refractivity contribution is 6.01. The number of ether oxygens (including phenoxy) is 1. The van der Waals surface area contributed by atoms with Gasteiger partial charge in [0.1, 0.15) is 6.61 Å². The van der Waals surface area contributed by atoms with Gasteiger partial charge in [-0.1, -0.05) is 0 Å². The Balaban J connectivity index is 2.95. The molecule has 0 fully saturated rings. The Bertz CT molecular complexity index is 417. The number of carboxylic acid groups (broad SMARTS) is 1. The maximum atomic E-state index is 11.2. The third-order valence-electron chi connectivity index (χ3n) is 1.82. The van der Waals surface area contributed by atoms with Crippen LogP contribution in [-0.4, -0.2) is 30.7 Å². The normalized spacial score (nSPS) is 9.81. The molecule has 0 radical (unpaired) electrons. The monoisotopic (exact) mass is 224 g/mol. The molecule has 1 amide bonds. The minimum Gasteiger partial charge on any atom is -0.478 e. The molecule has 6 nitrogen and oxygen atoms in total. The largest absolute Gasteiger partial charge is 0.478 e. The Morgan fingerprint density at radius 3 is 2.75 bits per heavy atom. The number of aromatic carboxylic acids is 1. The number of nitrogens with one attached hydrogen (secondary N) is 1. The lowest BCUT2D eigenvalue weighted by atomic mass is 10.1. The summed E-state index contributed by atoms with van der Waals surface area (Å²) in [5.41, 5.74) is 5.92. The van der Waals surface area contributed by atoms with Crippen LogP contribution in [0.5, 0.6) is 0 Å². The first-order valence-corrected chi connectivity index (χ1v) is 4.46. The third-order valence-corrected chi connectivity index (χ3v) is 1.82. The Hall–Kier alpha value is -2.08. The molecule has 0 atom stereocenters. The Morgan fingerprint density at radius 2 is 2.19 bits per heavy atom. The van der Waals surface area contributed by atoms with Crippen LogP contribution in [0.2, 0.25) is 0 Å². The number of carbonyl (C=O) groups excluding carboxylic acids is 1. The number of methoxy groups -OCH3 is 1. The molecule has 1 aromatic rings. The lowest BCUT2D eigenvalue weighted by molar-refractivity contribution is -0.119. The Labute approximate surface area is 92.0 Å². The molecule has 0 aliphatic rings. The molecule has 0 bridgehead atoms. The maximum Gasteiger partial charge on any atom is 0.337 e. The number of nitrogens with two attached hydrogens (primary N) is 1. The van der Waals surface area contributed by atoms with Crippen molar-refractivity contribution in [1.82, 2.24) is 0 Å². The van der Waals surface area contributed by atoms with Crippen molar-refractivity contribution in [3.8, 4) is 0 Å². The van der Waals surface area contributed by atoms with Gasteiger partial charge in [0.2, 0.25) is 5.91 Å². The number of carboxylic acids is 1. The number of hydrogen-bond donors (Lipinski definition) is 3. The molecule has 6 heteroatoms. The lowest BCUT2D eigenvalue weighted by Crippen LogP contribution is -2.19. The van der Waals surface area contributed by atoms with Crippen LogP contribution in [0.25, 0.3) is 0 Å². The summed E-state index contributed by atoms with van der Waals surface area (Å²) in [6, 6.07) is 4.23. The lowest BCUT2D eigenvalue weighted by Gasteiger charge is -2.08. The smallest absolute Gasteiger partial charge is 0.337 e. The predicted octanol–water partition coefficient (Wildman–Crippen LogP) is 0.552. The first-order valence-electron chi connectivity index (χ1n) is 4.46. The van der Waals surface area contributed by atoms with Gasteiger partial charge in [-0.25, -0.2) is 4.79 Å². The van der Waals surface area contributed by atoms with Crippen molar-refractivity contribution >= 4 is 23.3 Å². The molecule has 0 heterocycles. The molecule has 0 saturated carbocycles. The van der Waals surface area contributed by atoms with E-state index in [2.05, 4.69) is 10.1 Å². The van der Waals surface area contributed by atoms with E-state index in [-0.39, 0.29) is 17.9 Å². The fourth-order valence-electron chi connectivity index (χ4n) is 1.17. The van der Waals surface area contributed by atoms with Gasteiger partial charge in [0.15, 0.2) is 0 Å². The fourth-order valence-corrected chi connectivity index (χ4v) is 1.17. The van der Waals surface area contributed by atoms with Crippen LogP contribution < -0.4 is 11.1 Å². The molecule has 16 heavy (non-hydrogen) atoms. The van der Waals surface area contributed by atoms with E-state index in [0.717, 1.165) is 0 Å². The minimum atomic E-state index is -1.15. The summed E-state index contributed by atoms with van der Waals surface area (Å²) in [5.74, 6) is -1.57. The first-order chi connectivity index (χ1) is 7.54. The average Bonchev–Trinajstić information content (AvgIpc) is 2.20. The summed E-state index contributed by atoms with van der Waals surface area (Å²) in [5, 5.41) is 11.3. The van der Waals surface area contributed by atoms with Gasteiger partial charge < -0.3 is 20.9 Å². The van der Waals surface area contributed by atoms with E-state index in [0.29, 0.717) is 5.69 Å². The molecule has 0 aliphatic carbocycles. The van der Waals surface area contributed by atoms with E-state index >= 15 is 0 Å². The van der Waals surface area contributed by atoms with Crippen LogP contribution in [0.4, 0.5) is 11.4 Å². The highest BCUT2D eigenvalue weighted by atomic mass is 16.5. The second-order valence-electron chi connectivity index (χ2n) is 3.09.